The highest BCUT2D eigenvalue weighted by molar-refractivity contribution is 7.99. The lowest BCUT2D eigenvalue weighted by molar-refractivity contribution is 0.601. The molecule has 0 spiro atoms. The molecular formula is C15H15NO2S2. The summed E-state index contributed by atoms with van der Waals surface area (Å²) < 4.78 is 27.3. The van der Waals surface area contributed by atoms with Crippen molar-refractivity contribution in [1.29, 1.82) is 0 Å². The largest absolute Gasteiger partial charge is 0.280 e. The number of anilines is 1. The van der Waals surface area contributed by atoms with Gasteiger partial charge in [-0.25, -0.2) is 8.42 Å². The number of thioether (sulfide) groups is 1. The van der Waals surface area contributed by atoms with Gasteiger partial charge in [0.25, 0.3) is 10.0 Å². The summed E-state index contributed by atoms with van der Waals surface area (Å²) in [6, 6.07) is 14.3. The van der Waals surface area contributed by atoms with Crippen LogP contribution in [-0.2, 0) is 16.4 Å². The van der Waals surface area contributed by atoms with Gasteiger partial charge in [-0.3, -0.25) is 4.72 Å². The zero-order chi connectivity index (χ0) is 14.0. The van der Waals surface area contributed by atoms with Crippen LogP contribution in [0.5, 0.6) is 0 Å². The molecule has 0 bridgehead atoms. The van der Waals surface area contributed by atoms with Crippen LogP contribution in [-0.4, -0.2) is 14.2 Å². The van der Waals surface area contributed by atoms with Gasteiger partial charge in [0.05, 0.1) is 4.90 Å². The summed E-state index contributed by atoms with van der Waals surface area (Å²) in [5.41, 5.74) is 1.72. The van der Waals surface area contributed by atoms with E-state index in [1.54, 1.807) is 48.2 Å². The second kappa shape index (κ2) is 5.50. The van der Waals surface area contributed by atoms with Crippen LogP contribution in [0.2, 0.25) is 0 Å². The van der Waals surface area contributed by atoms with Gasteiger partial charge in [0.2, 0.25) is 0 Å². The fourth-order valence-electron chi connectivity index (χ4n) is 2.22. The third-order valence-electron chi connectivity index (χ3n) is 3.22. The predicted octanol–water partition coefficient (Wildman–Crippen LogP) is 3.53. The molecule has 0 amide bonds. The number of fused-ring (bicyclic) bond motifs is 1. The molecule has 0 atom stereocenters. The summed E-state index contributed by atoms with van der Waals surface area (Å²) in [5.74, 6) is 1.11. The zero-order valence-corrected chi connectivity index (χ0v) is 12.5. The molecule has 2 aromatic rings. The van der Waals surface area contributed by atoms with Crippen LogP contribution in [0.15, 0.2) is 58.3 Å². The third kappa shape index (κ3) is 2.83. The Hall–Kier alpha value is -1.46. The number of benzene rings is 2. The Morgan fingerprint density at radius 1 is 1.05 bits per heavy atom. The molecule has 0 radical (unpaired) electrons. The first kappa shape index (κ1) is 13.5. The lowest BCUT2D eigenvalue weighted by Crippen LogP contribution is -2.13. The molecule has 1 aliphatic heterocycles. The van der Waals surface area contributed by atoms with E-state index in [4.69, 9.17) is 0 Å². The van der Waals surface area contributed by atoms with Crippen LogP contribution in [0.25, 0.3) is 0 Å². The molecule has 0 aliphatic carbocycles. The fourth-order valence-corrected chi connectivity index (χ4v) is 4.35. The average molecular weight is 305 g/mol. The normalized spacial score (nSPS) is 14.6. The number of nitrogens with one attached hydrogen (secondary N) is 1. The van der Waals surface area contributed by atoms with Gasteiger partial charge in [-0.05, 0) is 54.5 Å². The standard InChI is InChI=1S/C15H15NO2S2/c17-20(18,16-13-6-2-1-3-7-13)14-8-9-15-12(11-14)5-4-10-19-15/h1-3,6-9,11,16H,4-5,10H2. The number of hydrogen-bond donors (Lipinski definition) is 1. The predicted molar refractivity (Wildman–Crippen MR) is 82.7 cm³/mol. The topological polar surface area (TPSA) is 46.2 Å². The van der Waals surface area contributed by atoms with Crippen molar-refractivity contribution in [3.05, 3.63) is 54.1 Å². The van der Waals surface area contributed by atoms with Crippen LogP contribution in [0.1, 0.15) is 12.0 Å². The lowest BCUT2D eigenvalue weighted by Gasteiger charge is -2.16. The summed E-state index contributed by atoms with van der Waals surface area (Å²) in [4.78, 5) is 1.54. The molecule has 104 valence electrons. The number of aryl methyl sites for hydroxylation is 1. The van der Waals surface area contributed by atoms with E-state index in [1.165, 1.54) is 4.90 Å². The van der Waals surface area contributed by atoms with Gasteiger partial charge >= 0.3 is 0 Å². The quantitative estimate of drug-likeness (QED) is 0.943. The maximum Gasteiger partial charge on any atom is 0.261 e. The molecule has 1 heterocycles. The Balaban J connectivity index is 1.91. The van der Waals surface area contributed by atoms with E-state index >= 15 is 0 Å². The van der Waals surface area contributed by atoms with E-state index in [-0.39, 0.29) is 0 Å². The highest BCUT2D eigenvalue weighted by Crippen LogP contribution is 2.31. The third-order valence-corrected chi connectivity index (χ3v) is 5.80. The maximum atomic E-state index is 12.4. The second-order valence-electron chi connectivity index (χ2n) is 4.69. The van der Waals surface area contributed by atoms with Crippen molar-refractivity contribution in [2.45, 2.75) is 22.6 Å². The lowest BCUT2D eigenvalue weighted by atomic mass is 10.1. The van der Waals surface area contributed by atoms with E-state index < -0.39 is 10.0 Å². The van der Waals surface area contributed by atoms with E-state index in [2.05, 4.69) is 4.72 Å². The Kier molecular flexibility index (Phi) is 3.72. The molecule has 0 saturated heterocycles. The summed E-state index contributed by atoms with van der Waals surface area (Å²) in [6.07, 6.45) is 2.06. The van der Waals surface area contributed by atoms with Crippen molar-refractivity contribution < 1.29 is 8.42 Å². The van der Waals surface area contributed by atoms with Crippen molar-refractivity contribution in [1.82, 2.24) is 0 Å². The monoisotopic (exact) mass is 305 g/mol. The second-order valence-corrected chi connectivity index (χ2v) is 7.51. The molecule has 0 fully saturated rings. The molecule has 1 aliphatic rings. The van der Waals surface area contributed by atoms with Crippen LogP contribution in [0.3, 0.4) is 0 Å². The minimum atomic E-state index is -3.51. The Bertz CT molecular complexity index is 712. The molecule has 2 aromatic carbocycles. The van der Waals surface area contributed by atoms with Crippen molar-refractivity contribution in [3.63, 3.8) is 0 Å². The van der Waals surface area contributed by atoms with Crippen LogP contribution >= 0.6 is 11.8 Å². The van der Waals surface area contributed by atoms with Gasteiger partial charge < -0.3 is 0 Å². The molecule has 3 nitrogen and oxygen atoms in total. The number of hydrogen-bond acceptors (Lipinski definition) is 3. The first-order chi connectivity index (χ1) is 9.65. The highest BCUT2D eigenvalue weighted by atomic mass is 32.2. The van der Waals surface area contributed by atoms with Gasteiger partial charge in [0, 0.05) is 10.6 Å². The Labute approximate surface area is 123 Å². The van der Waals surface area contributed by atoms with E-state index in [1.807, 2.05) is 12.1 Å². The van der Waals surface area contributed by atoms with E-state index in [0.29, 0.717) is 10.6 Å². The summed E-state index contributed by atoms with van der Waals surface area (Å²) in [7, 11) is -3.51. The molecule has 0 unspecified atom stereocenters. The molecule has 0 aromatic heterocycles. The molecular weight excluding hydrogens is 290 g/mol. The zero-order valence-electron chi connectivity index (χ0n) is 10.9. The molecule has 5 heteroatoms. The van der Waals surface area contributed by atoms with Gasteiger partial charge in [-0.1, -0.05) is 18.2 Å². The van der Waals surface area contributed by atoms with Crippen LogP contribution in [0, 0.1) is 0 Å². The molecule has 3 rings (SSSR count). The first-order valence-corrected chi connectivity index (χ1v) is 8.96. The minimum absolute atomic E-state index is 0.336. The number of rotatable bonds is 3. The van der Waals surface area contributed by atoms with Gasteiger partial charge in [0.1, 0.15) is 0 Å². The number of para-hydroxylation sites is 1. The van der Waals surface area contributed by atoms with Gasteiger partial charge in [0.15, 0.2) is 0 Å². The van der Waals surface area contributed by atoms with Gasteiger partial charge in [-0.2, -0.15) is 0 Å². The summed E-state index contributed by atoms with van der Waals surface area (Å²) >= 11 is 1.80. The fraction of sp³-hybridized carbons (Fsp3) is 0.200. The van der Waals surface area contributed by atoms with Crippen molar-refractivity contribution in [2.24, 2.45) is 0 Å². The van der Waals surface area contributed by atoms with Crippen molar-refractivity contribution in [2.75, 3.05) is 10.5 Å². The SMILES string of the molecule is O=S(=O)(Nc1ccccc1)c1ccc2c(c1)CCCS2. The van der Waals surface area contributed by atoms with Crippen LogP contribution in [0.4, 0.5) is 5.69 Å². The summed E-state index contributed by atoms with van der Waals surface area (Å²) in [5, 5.41) is 0. The Morgan fingerprint density at radius 3 is 2.65 bits per heavy atom. The smallest absolute Gasteiger partial charge is 0.261 e. The first-order valence-electron chi connectivity index (χ1n) is 6.49. The van der Waals surface area contributed by atoms with Crippen molar-refractivity contribution >= 4 is 27.5 Å². The van der Waals surface area contributed by atoms with Gasteiger partial charge in [-0.15, -0.1) is 11.8 Å². The molecule has 0 saturated carbocycles. The average Bonchev–Trinajstić information content (AvgIpc) is 2.47. The van der Waals surface area contributed by atoms with E-state index in [9.17, 15) is 8.42 Å². The van der Waals surface area contributed by atoms with Crippen molar-refractivity contribution in [3.8, 4) is 0 Å². The summed E-state index contributed by atoms with van der Waals surface area (Å²) in [6.45, 7) is 0. The van der Waals surface area contributed by atoms with Crippen LogP contribution < -0.4 is 4.72 Å². The Morgan fingerprint density at radius 2 is 1.85 bits per heavy atom. The maximum absolute atomic E-state index is 12.4. The molecule has 20 heavy (non-hydrogen) atoms. The number of sulfonamides is 1. The van der Waals surface area contributed by atoms with E-state index in [0.717, 1.165) is 24.2 Å². The minimum Gasteiger partial charge on any atom is -0.280 e. The molecule has 1 N–H and O–H groups in total. The highest BCUT2D eigenvalue weighted by Gasteiger charge is 2.17.